The second-order valence-electron chi connectivity index (χ2n) is 5.34. The Hall–Kier alpha value is -3.28. The van der Waals surface area contributed by atoms with Gasteiger partial charge in [-0.1, -0.05) is 36.4 Å². The molecule has 0 aromatic heterocycles. The summed E-state index contributed by atoms with van der Waals surface area (Å²) in [5, 5.41) is 9.63. The molecule has 24 heavy (non-hydrogen) atoms. The van der Waals surface area contributed by atoms with E-state index in [1.807, 2.05) is 0 Å². The van der Waals surface area contributed by atoms with E-state index in [0.717, 1.165) is 0 Å². The number of hydrogen-bond donors (Lipinski definition) is 2. The highest BCUT2D eigenvalue weighted by molar-refractivity contribution is 6.01. The number of benzene rings is 2. The molecular formula is C18H15NO5. The molecule has 0 saturated carbocycles. The van der Waals surface area contributed by atoms with E-state index >= 15 is 0 Å². The lowest BCUT2D eigenvalue weighted by atomic mass is 9.76. The molecule has 1 amide bonds. The molecule has 2 aromatic carbocycles. The normalized spacial score (nSPS) is 12.8. The van der Waals surface area contributed by atoms with Gasteiger partial charge >= 0.3 is 5.97 Å². The minimum atomic E-state index is -1.78. The molecule has 0 spiro atoms. The number of carboxylic acid groups (broad SMARTS) is 1. The van der Waals surface area contributed by atoms with Crippen molar-refractivity contribution in [2.24, 2.45) is 5.73 Å². The van der Waals surface area contributed by atoms with Gasteiger partial charge in [-0.2, -0.15) is 0 Å². The summed E-state index contributed by atoms with van der Waals surface area (Å²) in [5.41, 5.74) is 4.26. The van der Waals surface area contributed by atoms with E-state index in [0.29, 0.717) is 23.7 Å². The van der Waals surface area contributed by atoms with Crippen LogP contribution in [0.5, 0.6) is 0 Å². The summed E-state index contributed by atoms with van der Waals surface area (Å²) in [6.45, 7) is 0. The van der Waals surface area contributed by atoms with E-state index in [-0.39, 0.29) is 17.5 Å². The predicted octanol–water partition coefficient (Wildman–Crippen LogP) is 1.36. The Labute approximate surface area is 137 Å². The first kappa shape index (κ1) is 17.1. The molecule has 0 aliphatic carbocycles. The third-order valence-electron chi connectivity index (χ3n) is 3.86. The molecule has 122 valence electrons. The fourth-order valence-electron chi connectivity index (χ4n) is 2.56. The van der Waals surface area contributed by atoms with Crippen LogP contribution in [0.4, 0.5) is 0 Å². The molecule has 2 aromatic rings. The summed E-state index contributed by atoms with van der Waals surface area (Å²) >= 11 is 0. The molecule has 0 saturated heterocycles. The van der Waals surface area contributed by atoms with Crippen LogP contribution in [0.15, 0.2) is 48.5 Å². The van der Waals surface area contributed by atoms with Crippen LogP contribution in [0.2, 0.25) is 0 Å². The van der Waals surface area contributed by atoms with Crippen molar-refractivity contribution in [2.75, 3.05) is 0 Å². The van der Waals surface area contributed by atoms with Gasteiger partial charge in [-0.15, -0.1) is 0 Å². The van der Waals surface area contributed by atoms with Gasteiger partial charge in [-0.05, 0) is 29.7 Å². The number of carbonyl (C=O) groups excluding carboxylic acids is 3. The average molecular weight is 325 g/mol. The summed E-state index contributed by atoms with van der Waals surface area (Å²) < 4.78 is 0. The average Bonchev–Trinajstić information content (AvgIpc) is 2.59. The molecule has 3 N–H and O–H groups in total. The summed E-state index contributed by atoms with van der Waals surface area (Å²) in [4.78, 5) is 45.9. The topological polar surface area (TPSA) is 115 Å². The smallest absolute Gasteiger partial charge is 0.321 e. The fraction of sp³-hybridized carbons (Fsp3) is 0.111. The SMILES string of the molecule is NC(=O)c1ccc(CC(C=O)(C(=O)O)c2ccccc2)cc1C=O. The molecule has 0 aliphatic heterocycles. The van der Waals surface area contributed by atoms with Crippen molar-refractivity contribution in [1.29, 1.82) is 0 Å². The van der Waals surface area contributed by atoms with Gasteiger partial charge in [0.05, 0.1) is 0 Å². The maximum absolute atomic E-state index is 11.8. The van der Waals surface area contributed by atoms with Gasteiger partial charge in [0.2, 0.25) is 5.91 Å². The third-order valence-corrected chi connectivity index (χ3v) is 3.86. The zero-order valence-corrected chi connectivity index (χ0v) is 12.6. The lowest BCUT2D eigenvalue weighted by Gasteiger charge is -2.24. The number of carbonyl (C=O) groups is 4. The lowest BCUT2D eigenvalue weighted by Crippen LogP contribution is -2.39. The van der Waals surface area contributed by atoms with Gasteiger partial charge < -0.3 is 15.6 Å². The number of primary amides is 1. The third kappa shape index (κ3) is 3.08. The fourth-order valence-corrected chi connectivity index (χ4v) is 2.56. The van der Waals surface area contributed by atoms with Gasteiger partial charge in [0.15, 0.2) is 11.7 Å². The Balaban J connectivity index is 2.52. The molecule has 0 aliphatic rings. The predicted molar refractivity (Wildman–Crippen MR) is 85.9 cm³/mol. The number of nitrogens with two attached hydrogens (primary N) is 1. The van der Waals surface area contributed by atoms with E-state index in [2.05, 4.69) is 0 Å². The van der Waals surface area contributed by atoms with Crippen LogP contribution >= 0.6 is 0 Å². The number of carboxylic acids is 1. The number of rotatable bonds is 7. The second kappa shape index (κ2) is 6.87. The van der Waals surface area contributed by atoms with Crippen LogP contribution in [0.25, 0.3) is 0 Å². The molecule has 6 heteroatoms. The molecule has 0 radical (unpaired) electrons. The number of aldehydes is 2. The van der Waals surface area contributed by atoms with Crippen molar-refractivity contribution in [1.82, 2.24) is 0 Å². The zero-order chi connectivity index (χ0) is 17.7. The van der Waals surface area contributed by atoms with Gasteiger partial charge in [-0.3, -0.25) is 14.4 Å². The molecule has 0 heterocycles. The Morgan fingerprint density at radius 1 is 1.08 bits per heavy atom. The summed E-state index contributed by atoms with van der Waals surface area (Å²) in [6, 6.07) is 12.3. The van der Waals surface area contributed by atoms with Crippen LogP contribution in [-0.2, 0) is 21.4 Å². The van der Waals surface area contributed by atoms with Crippen molar-refractivity contribution in [2.45, 2.75) is 11.8 Å². The van der Waals surface area contributed by atoms with Crippen LogP contribution in [0.1, 0.15) is 31.8 Å². The molecule has 1 atom stereocenters. The van der Waals surface area contributed by atoms with Crippen molar-refractivity contribution >= 4 is 24.4 Å². The highest BCUT2D eigenvalue weighted by Crippen LogP contribution is 2.28. The minimum Gasteiger partial charge on any atom is -0.480 e. The Morgan fingerprint density at radius 2 is 1.75 bits per heavy atom. The molecule has 0 bridgehead atoms. The van der Waals surface area contributed by atoms with Gasteiger partial charge in [0, 0.05) is 11.1 Å². The van der Waals surface area contributed by atoms with Crippen molar-refractivity contribution in [3.05, 3.63) is 70.8 Å². The highest BCUT2D eigenvalue weighted by Gasteiger charge is 2.40. The van der Waals surface area contributed by atoms with Crippen molar-refractivity contribution in [3.63, 3.8) is 0 Å². The zero-order valence-electron chi connectivity index (χ0n) is 12.6. The highest BCUT2D eigenvalue weighted by atomic mass is 16.4. The maximum atomic E-state index is 11.8. The van der Waals surface area contributed by atoms with E-state index in [9.17, 15) is 24.3 Å². The Kier molecular flexibility index (Phi) is 4.89. The second-order valence-corrected chi connectivity index (χ2v) is 5.34. The Morgan fingerprint density at radius 3 is 2.25 bits per heavy atom. The van der Waals surface area contributed by atoms with Gasteiger partial charge in [0.1, 0.15) is 6.29 Å². The minimum absolute atomic E-state index is 0.0421. The van der Waals surface area contributed by atoms with Crippen molar-refractivity contribution < 1.29 is 24.3 Å². The summed E-state index contributed by atoms with van der Waals surface area (Å²) in [5.74, 6) is -2.05. The number of hydrogen-bond acceptors (Lipinski definition) is 4. The van der Waals surface area contributed by atoms with Crippen LogP contribution in [0.3, 0.4) is 0 Å². The van der Waals surface area contributed by atoms with Gasteiger partial charge in [-0.25, -0.2) is 0 Å². The number of aliphatic carboxylic acids is 1. The summed E-state index contributed by atoms with van der Waals surface area (Å²) in [6.07, 6.45) is 0.693. The van der Waals surface area contributed by atoms with E-state index in [1.54, 1.807) is 30.3 Å². The Bertz CT molecular complexity index is 800. The molecule has 6 nitrogen and oxygen atoms in total. The molecular weight excluding hydrogens is 310 g/mol. The largest absolute Gasteiger partial charge is 0.480 e. The van der Waals surface area contributed by atoms with E-state index < -0.39 is 17.3 Å². The van der Waals surface area contributed by atoms with Crippen LogP contribution in [-0.4, -0.2) is 29.6 Å². The van der Waals surface area contributed by atoms with E-state index in [4.69, 9.17) is 5.73 Å². The van der Waals surface area contributed by atoms with Crippen LogP contribution < -0.4 is 5.73 Å². The summed E-state index contributed by atoms with van der Waals surface area (Å²) in [7, 11) is 0. The van der Waals surface area contributed by atoms with Crippen molar-refractivity contribution in [3.8, 4) is 0 Å². The van der Waals surface area contributed by atoms with Crippen LogP contribution in [0, 0.1) is 0 Å². The van der Waals surface area contributed by atoms with E-state index in [1.165, 1.54) is 18.2 Å². The number of amides is 1. The first-order chi connectivity index (χ1) is 11.4. The first-order valence-electron chi connectivity index (χ1n) is 7.08. The standard InChI is InChI=1S/C18H15NO5/c19-16(22)15-7-6-12(8-13(15)10-20)9-18(11-21,17(23)24)14-4-2-1-3-5-14/h1-8,10-11H,9H2,(H2,19,22)(H,23,24). The molecule has 1 unspecified atom stereocenters. The van der Waals surface area contributed by atoms with Gasteiger partial charge in [0.25, 0.3) is 0 Å². The quantitative estimate of drug-likeness (QED) is 0.589. The first-order valence-corrected chi connectivity index (χ1v) is 7.08. The molecule has 2 rings (SSSR count). The monoisotopic (exact) mass is 325 g/mol. The lowest BCUT2D eigenvalue weighted by molar-refractivity contribution is -0.145. The maximum Gasteiger partial charge on any atom is 0.321 e. The molecule has 0 fully saturated rings.